The van der Waals surface area contributed by atoms with Crippen molar-refractivity contribution in [2.75, 3.05) is 32.7 Å². The molecule has 2 unspecified atom stereocenters. The summed E-state index contributed by atoms with van der Waals surface area (Å²) in [5.74, 6) is -0.332. The molecule has 9 heteroatoms. The van der Waals surface area contributed by atoms with Gasteiger partial charge in [-0.3, -0.25) is 19.3 Å². The van der Waals surface area contributed by atoms with Crippen LogP contribution in [0.1, 0.15) is 60.8 Å². The molecule has 254 valence electrons. The Kier molecular flexibility index (Phi) is 10.8. The zero-order valence-electron chi connectivity index (χ0n) is 27.8. The van der Waals surface area contributed by atoms with Gasteiger partial charge in [0.05, 0.1) is 12.0 Å². The van der Waals surface area contributed by atoms with Gasteiger partial charge in [0.15, 0.2) is 0 Å². The lowest BCUT2D eigenvalue weighted by Crippen LogP contribution is -2.65. The zero-order chi connectivity index (χ0) is 33.6. The van der Waals surface area contributed by atoms with E-state index in [0.29, 0.717) is 50.3 Å². The first-order chi connectivity index (χ1) is 23.2. The number of rotatable bonds is 10. The average molecular weight is 670 g/mol. The highest BCUT2D eigenvalue weighted by Gasteiger charge is 2.42. The molecule has 3 amide bonds. The van der Waals surface area contributed by atoms with Gasteiger partial charge < -0.3 is 21.3 Å². The van der Waals surface area contributed by atoms with Crippen LogP contribution in [0.5, 0.6) is 0 Å². The van der Waals surface area contributed by atoms with Crippen LogP contribution >= 0.6 is 11.6 Å². The van der Waals surface area contributed by atoms with Crippen molar-refractivity contribution >= 4 is 29.3 Å². The SMILES string of the molecule is NC1(C(=O)NC(Cc2ccc(Cl)cc2)C(=O)N2CCN(C3(CNC(=O)Cc4ccccc4)CCCCC3)CC2)CCc2ccccc2C1. The summed E-state index contributed by atoms with van der Waals surface area (Å²) in [6.45, 7) is 3.18. The number of nitrogens with one attached hydrogen (secondary N) is 2. The normalized spacial score (nSPS) is 21.5. The number of carbonyl (C=O) groups is 3. The molecule has 1 saturated carbocycles. The first kappa shape index (κ1) is 34.2. The maximum absolute atomic E-state index is 14.2. The van der Waals surface area contributed by atoms with E-state index in [1.807, 2.05) is 77.7 Å². The first-order valence-corrected chi connectivity index (χ1v) is 17.9. The predicted molar refractivity (Wildman–Crippen MR) is 190 cm³/mol. The third-order valence-electron chi connectivity index (χ3n) is 10.7. The number of aryl methyl sites for hydroxylation is 1. The van der Waals surface area contributed by atoms with Crippen molar-refractivity contribution in [2.45, 2.75) is 81.3 Å². The molecule has 3 aromatic rings. The molecule has 1 saturated heterocycles. The van der Waals surface area contributed by atoms with Crippen LogP contribution in [-0.2, 0) is 40.1 Å². The Morgan fingerprint density at radius 1 is 0.792 bits per heavy atom. The Labute approximate surface area is 289 Å². The van der Waals surface area contributed by atoms with E-state index < -0.39 is 11.6 Å². The van der Waals surface area contributed by atoms with Crippen LogP contribution < -0.4 is 16.4 Å². The van der Waals surface area contributed by atoms with Crippen molar-refractivity contribution in [1.82, 2.24) is 20.4 Å². The Bertz CT molecular complexity index is 1570. The van der Waals surface area contributed by atoms with Gasteiger partial charge in [-0.25, -0.2) is 0 Å². The number of nitrogens with two attached hydrogens (primary N) is 1. The van der Waals surface area contributed by atoms with Crippen molar-refractivity contribution in [3.05, 3.63) is 106 Å². The molecule has 48 heavy (non-hydrogen) atoms. The number of piperazine rings is 1. The summed E-state index contributed by atoms with van der Waals surface area (Å²) in [6, 6.07) is 24.6. The second-order valence-electron chi connectivity index (χ2n) is 14.0. The fourth-order valence-electron chi connectivity index (χ4n) is 7.85. The van der Waals surface area contributed by atoms with E-state index in [-0.39, 0.29) is 23.3 Å². The van der Waals surface area contributed by atoms with Gasteiger partial charge in [-0.05, 0) is 66.5 Å². The van der Waals surface area contributed by atoms with E-state index in [1.54, 1.807) is 0 Å². The van der Waals surface area contributed by atoms with Crippen LogP contribution in [0.25, 0.3) is 0 Å². The van der Waals surface area contributed by atoms with Gasteiger partial charge in [0.2, 0.25) is 17.7 Å². The van der Waals surface area contributed by atoms with Crippen LogP contribution in [0.4, 0.5) is 0 Å². The molecular weight excluding hydrogens is 622 g/mol. The highest BCUT2D eigenvalue weighted by atomic mass is 35.5. The van der Waals surface area contributed by atoms with Crippen molar-refractivity contribution in [3.63, 3.8) is 0 Å². The number of nitrogens with zero attached hydrogens (tertiary/aromatic N) is 2. The Morgan fingerprint density at radius 2 is 1.46 bits per heavy atom. The fourth-order valence-corrected chi connectivity index (χ4v) is 7.98. The molecule has 1 heterocycles. The number of halogens is 1. The number of benzene rings is 3. The van der Waals surface area contributed by atoms with E-state index in [0.717, 1.165) is 61.9 Å². The smallest absolute Gasteiger partial charge is 0.245 e. The minimum absolute atomic E-state index is 0.0416. The number of fused-ring (bicyclic) bond motifs is 1. The molecule has 2 atom stereocenters. The zero-order valence-corrected chi connectivity index (χ0v) is 28.5. The van der Waals surface area contributed by atoms with Crippen LogP contribution in [0.3, 0.4) is 0 Å². The lowest BCUT2D eigenvalue weighted by molar-refractivity contribution is -0.140. The first-order valence-electron chi connectivity index (χ1n) is 17.5. The monoisotopic (exact) mass is 669 g/mol. The molecule has 8 nitrogen and oxygen atoms in total. The van der Waals surface area contributed by atoms with Crippen LogP contribution in [0.2, 0.25) is 5.02 Å². The second-order valence-corrected chi connectivity index (χ2v) is 14.4. The number of hydrogen-bond donors (Lipinski definition) is 3. The quantitative estimate of drug-likeness (QED) is 0.296. The van der Waals surface area contributed by atoms with Crippen molar-refractivity contribution < 1.29 is 14.4 Å². The van der Waals surface area contributed by atoms with Crippen molar-refractivity contribution in [1.29, 1.82) is 0 Å². The predicted octanol–water partition coefficient (Wildman–Crippen LogP) is 4.46. The van der Waals surface area contributed by atoms with Gasteiger partial charge in [-0.1, -0.05) is 97.6 Å². The molecule has 1 aliphatic heterocycles. The summed E-state index contributed by atoms with van der Waals surface area (Å²) in [7, 11) is 0. The lowest BCUT2D eigenvalue weighted by atomic mass is 9.78. The van der Waals surface area contributed by atoms with Gasteiger partial charge in [0.25, 0.3) is 0 Å². The molecule has 0 aromatic heterocycles. The summed E-state index contributed by atoms with van der Waals surface area (Å²) in [4.78, 5) is 45.4. The summed E-state index contributed by atoms with van der Waals surface area (Å²) in [5.41, 5.74) is 9.83. The van der Waals surface area contributed by atoms with Crippen molar-refractivity contribution in [2.24, 2.45) is 5.73 Å². The van der Waals surface area contributed by atoms with Crippen molar-refractivity contribution in [3.8, 4) is 0 Å². The lowest BCUT2D eigenvalue weighted by Gasteiger charge is -2.50. The number of amides is 3. The molecule has 4 N–H and O–H groups in total. The maximum atomic E-state index is 14.2. The largest absolute Gasteiger partial charge is 0.354 e. The van der Waals surface area contributed by atoms with Gasteiger partial charge in [0.1, 0.15) is 6.04 Å². The number of hydrogen-bond acceptors (Lipinski definition) is 5. The molecule has 3 aromatic carbocycles. The summed E-state index contributed by atoms with van der Waals surface area (Å²) in [5, 5.41) is 6.98. The van der Waals surface area contributed by atoms with Gasteiger partial charge >= 0.3 is 0 Å². The minimum Gasteiger partial charge on any atom is -0.354 e. The third kappa shape index (κ3) is 8.11. The molecule has 6 rings (SSSR count). The molecular formula is C39H48ClN5O3. The summed E-state index contributed by atoms with van der Waals surface area (Å²) >= 11 is 6.15. The Balaban J connectivity index is 1.12. The number of carbonyl (C=O) groups excluding carboxylic acids is 3. The van der Waals surface area contributed by atoms with E-state index in [1.165, 1.54) is 12.0 Å². The third-order valence-corrected chi connectivity index (χ3v) is 11.0. The summed E-state index contributed by atoms with van der Waals surface area (Å²) < 4.78 is 0. The van der Waals surface area contributed by atoms with Crippen LogP contribution in [0, 0.1) is 0 Å². The van der Waals surface area contributed by atoms with Crippen LogP contribution in [0.15, 0.2) is 78.9 Å². The highest BCUT2D eigenvalue weighted by Crippen LogP contribution is 2.34. The van der Waals surface area contributed by atoms with Gasteiger partial charge in [0, 0.05) is 49.7 Å². The van der Waals surface area contributed by atoms with E-state index in [4.69, 9.17) is 17.3 Å². The topological polar surface area (TPSA) is 108 Å². The van der Waals surface area contributed by atoms with Gasteiger partial charge in [-0.15, -0.1) is 0 Å². The molecule has 0 radical (unpaired) electrons. The molecule has 0 bridgehead atoms. The minimum atomic E-state index is -1.08. The Hall–Kier alpha value is -3.72. The van der Waals surface area contributed by atoms with E-state index in [2.05, 4.69) is 21.6 Å². The second kappa shape index (κ2) is 15.2. The molecule has 3 aliphatic rings. The van der Waals surface area contributed by atoms with Crippen LogP contribution in [-0.4, -0.2) is 77.4 Å². The van der Waals surface area contributed by atoms with Gasteiger partial charge in [-0.2, -0.15) is 0 Å². The fraction of sp³-hybridized carbons (Fsp3) is 0.462. The van der Waals surface area contributed by atoms with E-state index in [9.17, 15) is 14.4 Å². The maximum Gasteiger partial charge on any atom is 0.245 e. The average Bonchev–Trinajstić information content (AvgIpc) is 3.12. The standard InChI is InChI=1S/C39H48ClN5O3/c40-33-15-13-30(14-16-33)25-34(43-37(48)39(41)20-17-31-11-5-6-12-32(31)27-39)36(47)44-21-23-45(24-22-44)38(18-7-2-8-19-38)28-42-35(46)26-29-9-3-1-4-10-29/h1,3-6,9-16,34H,2,7-8,17-28,41H2,(H,42,46)(H,43,48). The Morgan fingerprint density at radius 3 is 2.17 bits per heavy atom. The molecule has 2 aliphatic carbocycles. The molecule has 2 fully saturated rings. The van der Waals surface area contributed by atoms with E-state index >= 15 is 0 Å². The highest BCUT2D eigenvalue weighted by molar-refractivity contribution is 6.30. The molecule has 0 spiro atoms. The summed E-state index contributed by atoms with van der Waals surface area (Å²) in [6.07, 6.45) is 7.96.